The number of alkyl carbamates (subject to hydrolysis) is 1. The second-order valence-electron chi connectivity index (χ2n) is 5.49. The van der Waals surface area contributed by atoms with Gasteiger partial charge in [-0.05, 0) is 33.1 Å². The van der Waals surface area contributed by atoms with Gasteiger partial charge in [-0.3, -0.25) is 10.1 Å². The van der Waals surface area contributed by atoms with E-state index in [2.05, 4.69) is 5.32 Å². The Morgan fingerprint density at radius 3 is 2.29 bits per heavy atom. The van der Waals surface area contributed by atoms with Crippen molar-refractivity contribution >= 4 is 6.09 Å². The molecule has 0 aromatic heterocycles. The van der Waals surface area contributed by atoms with Crippen molar-refractivity contribution in [3.05, 3.63) is 10.1 Å². The minimum atomic E-state index is -0.606. The van der Waals surface area contributed by atoms with Crippen LogP contribution in [0.3, 0.4) is 0 Å². The van der Waals surface area contributed by atoms with Crippen LogP contribution < -0.4 is 5.32 Å². The number of amides is 1. The Labute approximate surface area is 102 Å². The Bertz CT molecular complexity index is 271. The molecule has 0 spiro atoms. The minimum absolute atomic E-state index is 0.273. The number of carbonyl (C=O) groups is 1. The zero-order valence-electron chi connectivity index (χ0n) is 11.1. The fourth-order valence-corrected chi connectivity index (χ4v) is 1.40. The number of ether oxygens (including phenoxy) is 1. The second kappa shape index (κ2) is 6.42. The van der Waals surface area contributed by atoms with Gasteiger partial charge in [-0.1, -0.05) is 13.8 Å². The third kappa shape index (κ3) is 9.59. The van der Waals surface area contributed by atoms with E-state index in [1.807, 2.05) is 13.8 Å². The molecular formula is C11H22N2O4. The van der Waals surface area contributed by atoms with Crippen molar-refractivity contribution in [3.63, 3.8) is 0 Å². The molecular weight excluding hydrogens is 224 g/mol. The Kier molecular flexibility index (Phi) is 5.91. The molecule has 1 atom stereocenters. The Morgan fingerprint density at radius 1 is 1.41 bits per heavy atom. The van der Waals surface area contributed by atoms with E-state index >= 15 is 0 Å². The van der Waals surface area contributed by atoms with Gasteiger partial charge in [0.2, 0.25) is 6.54 Å². The molecule has 100 valence electrons. The summed E-state index contributed by atoms with van der Waals surface area (Å²) in [5.74, 6) is 0.273. The van der Waals surface area contributed by atoms with Gasteiger partial charge < -0.3 is 10.1 Å². The predicted octanol–water partition coefficient (Wildman–Crippen LogP) is 2.20. The quantitative estimate of drug-likeness (QED) is 0.595. The molecule has 6 heteroatoms. The highest BCUT2D eigenvalue weighted by molar-refractivity contribution is 5.68. The van der Waals surface area contributed by atoms with Crippen LogP contribution in [0.4, 0.5) is 4.79 Å². The smallest absolute Gasteiger partial charge is 0.408 e. The maximum absolute atomic E-state index is 11.5. The SMILES string of the molecule is CC(C)C[C@H](C[N+](=O)[O-])NC(=O)OC(C)(C)C. The largest absolute Gasteiger partial charge is 0.444 e. The maximum atomic E-state index is 11.5. The average molecular weight is 246 g/mol. The third-order valence-corrected chi connectivity index (χ3v) is 1.85. The fraction of sp³-hybridized carbons (Fsp3) is 0.909. The molecule has 1 amide bonds. The number of hydrogen-bond acceptors (Lipinski definition) is 4. The molecule has 17 heavy (non-hydrogen) atoms. The van der Waals surface area contributed by atoms with Gasteiger partial charge >= 0.3 is 6.09 Å². The number of nitrogens with one attached hydrogen (secondary N) is 1. The van der Waals surface area contributed by atoms with Crippen LogP contribution in [0.2, 0.25) is 0 Å². The summed E-state index contributed by atoms with van der Waals surface area (Å²) in [4.78, 5) is 21.5. The molecule has 0 saturated heterocycles. The number of carbonyl (C=O) groups excluding carboxylic acids is 1. The van der Waals surface area contributed by atoms with E-state index in [9.17, 15) is 14.9 Å². The Morgan fingerprint density at radius 2 is 1.94 bits per heavy atom. The first-order chi connectivity index (χ1) is 7.60. The van der Waals surface area contributed by atoms with Crippen LogP contribution in [0, 0.1) is 16.0 Å². The summed E-state index contributed by atoms with van der Waals surface area (Å²) >= 11 is 0. The van der Waals surface area contributed by atoms with Crippen LogP contribution in [0.15, 0.2) is 0 Å². The lowest BCUT2D eigenvalue weighted by Gasteiger charge is -2.22. The van der Waals surface area contributed by atoms with Crippen molar-refractivity contribution < 1.29 is 14.5 Å². The topological polar surface area (TPSA) is 81.5 Å². The molecule has 0 unspecified atom stereocenters. The molecule has 0 aliphatic carbocycles. The summed E-state index contributed by atoms with van der Waals surface area (Å²) in [6.07, 6.45) is -0.0507. The van der Waals surface area contributed by atoms with Gasteiger partial charge in [-0.2, -0.15) is 0 Å². The molecule has 0 heterocycles. The Balaban J connectivity index is 4.32. The first-order valence-corrected chi connectivity index (χ1v) is 5.71. The lowest BCUT2D eigenvalue weighted by atomic mass is 10.0. The summed E-state index contributed by atoms with van der Waals surface area (Å²) in [5, 5.41) is 13.0. The first-order valence-electron chi connectivity index (χ1n) is 5.71. The highest BCUT2D eigenvalue weighted by atomic mass is 16.6. The number of nitrogens with zero attached hydrogens (tertiary/aromatic N) is 1. The molecule has 0 aromatic carbocycles. The second-order valence-corrected chi connectivity index (χ2v) is 5.49. The van der Waals surface area contributed by atoms with E-state index < -0.39 is 22.7 Å². The molecule has 0 bridgehead atoms. The van der Waals surface area contributed by atoms with Gasteiger partial charge in [0, 0.05) is 4.92 Å². The van der Waals surface area contributed by atoms with Crippen molar-refractivity contribution in [2.24, 2.45) is 5.92 Å². The molecule has 0 aliphatic rings. The van der Waals surface area contributed by atoms with Gasteiger partial charge in [0.05, 0.1) is 6.04 Å². The van der Waals surface area contributed by atoms with E-state index in [1.165, 1.54) is 0 Å². The highest BCUT2D eigenvalue weighted by Gasteiger charge is 2.23. The highest BCUT2D eigenvalue weighted by Crippen LogP contribution is 2.09. The van der Waals surface area contributed by atoms with Crippen LogP contribution in [-0.2, 0) is 4.74 Å². The molecule has 0 saturated carbocycles. The lowest BCUT2D eigenvalue weighted by molar-refractivity contribution is -0.483. The summed E-state index contributed by atoms with van der Waals surface area (Å²) in [7, 11) is 0. The third-order valence-electron chi connectivity index (χ3n) is 1.85. The van der Waals surface area contributed by atoms with E-state index in [0.29, 0.717) is 6.42 Å². The summed E-state index contributed by atoms with van der Waals surface area (Å²) in [5.41, 5.74) is -0.596. The predicted molar refractivity (Wildman–Crippen MR) is 64.5 cm³/mol. The molecule has 0 radical (unpaired) electrons. The van der Waals surface area contributed by atoms with E-state index in [0.717, 1.165) is 0 Å². The molecule has 0 aromatic rings. The normalized spacial score (nSPS) is 13.3. The Hall–Kier alpha value is -1.33. The molecule has 0 fully saturated rings. The van der Waals surface area contributed by atoms with Gasteiger partial charge in [-0.15, -0.1) is 0 Å². The summed E-state index contributed by atoms with van der Waals surface area (Å²) < 4.78 is 5.06. The standard InChI is InChI=1S/C11H22N2O4/c1-8(2)6-9(7-13(15)16)12-10(14)17-11(3,4)5/h8-9H,6-7H2,1-5H3,(H,12,14)/t9-/m1/s1. The monoisotopic (exact) mass is 246 g/mol. The van der Waals surface area contributed by atoms with Crippen LogP contribution in [0.5, 0.6) is 0 Å². The van der Waals surface area contributed by atoms with Gasteiger partial charge in [0.1, 0.15) is 5.60 Å². The fourth-order valence-electron chi connectivity index (χ4n) is 1.40. The van der Waals surface area contributed by atoms with Crippen LogP contribution >= 0.6 is 0 Å². The first kappa shape index (κ1) is 15.7. The van der Waals surface area contributed by atoms with Crippen molar-refractivity contribution in [1.29, 1.82) is 0 Å². The van der Waals surface area contributed by atoms with Crippen LogP contribution in [-0.4, -0.2) is 29.2 Å². The van der Waals surface area contributed by atoms with Gasteiger partial charge in [0.15, 0.2) is 0 Å². The van der Waals surface area contributed by atoms with Crippen molar-refractivity contribution in [2.45, 2.75) is 52.7 Å². The zero-order chi connectivity index (χ0) is 13.6. The van der Waals surface area contributed by atoms with E-state index in [-0.39, 0.29) is 12.5 Å². The number of hydrogen-bond donors (Lipinski definition) is 1. The van der Waals surface area contributed by atoms with E-state index in [1.54, 1.807) is 20.8 Å². The molecule has 0 aliphatic heterocycles. The van der Waals surface area contributed by atoms with Gasteiger partial charge in [0.25, 0.3) is 0 Å². The lowest BCUT2D eigenvalue weighted by Crippen LogP contribution is -2.43. The molecule has 0 rings (SSSR count). The zero-order valence-corrected chi connectivity index (χ0v) is 11.1. The van der Waals surface area contributed by atoms with Crippen LogP contribution in [0.1, 0.15) is 41.0 Å². The summed E-state index contributed by atoms with van der Waals surface area (Å²) in [6, 6.07) is -0.486. The average Bonchev–Trinajstić information content (AvgIpc) is 1.95. The van der Waals surface area contributed by atoms with E-state index in [4.69, 9.17) is 4.74 Å². The summed E-state index contributed by atoms with van der Waals surface area (Å²) in [6.45, 7) is 8.86. The minimum Gasteiger partial charge on any atom is -0.444 e. The van der Waals surface area contributed by atoms with Crippen molar-refractivity contribution in [2.75, 3.05) is 6.54 Å². The molecule has 6 nitrogen and oxygen atoms in total. The number of rotatable bonds is 5. The van der Waals surface area contributed by atoms with Crippen LogP contribution in [0.25, 0.3) is 0 Å². The molecule has 1 N–H and O–H groups in total. The van der Waals surface area contributed by atoms with Gasteiger partial charge in [-0.25, -0.2) is 4.79 Å². The number of nitro groups is 1. The maximum Gasteiger partial charge on any atom is 0.408 e. The van der Waals surface area contributed by atoms with Crippen molar-refractivity contribution in [3.8, 4) is 0 Å². The van der Waals surface area contributed by atoms with Crippen molar-refractivity contribution in [1.82, 2.24) is 5.32 Å².